The summed E-state index contributed by atoms with van der Waals surface area (Å²) < 4.78 is 5.17. The second kappa shape index (κ2) is 6.69. The van der Waals surface area contributed by atoms with Crippen LogP contribution in [0.15, 0.2) is 36.5 Å². The zero-order valence-electron chi connectivity index (χ0n) is 12.0. The highest BCUT2D eigenvalue weighted by atomic mass is 16.6. The van der Waals surface area contributed by atoms with E-state index in [2.05, 4.69) is 10.3 Å². The molecular weight excluding hydrogens is 270 g/mol. The molecular formula is C15H17N3O3. The number of rotatable bonds is 6. The maximum atomic E-state index is 10.9. The van der Waals surface area contributed by atoms with Crippen molar-refractivity contribution in [3.05, 3.63) is 57.8 Å². The van der Waals surface area contributed by atoms with Crippen molar-refractivity contribution in [1.82, 2.24) is 4.98 Å². The molecule has 1 aromatic carbocycles. The van der Waals surface area contributed by atoms with Crippen LogP contribution in [0.4, 0.5) is 11.5 Å². The average molecular weight is 287 g/mol. The van der Waals surface area contributed by atoms with E-state index in [-0.39, 0.29) is 5.69 Å². The van der Waals surface area contributed by atoms with Crippen LogP contribution >= 0.6 is 0 Å². The zero-order valence-corrected chi connectivity index (χ0v) is 12.0. The zero-order chi connectivity index (χ0) is 15.2. The van der Waals surface area contributed by atoms with Crippen LogP contribution in [0.2, 0.25) is 0 Å². The Hall–Kier alpha value is -2.63. The molecule has 110 valence electrons. The molecule has 1 heterocycles. The summed E-state index contributed by atoms with van der Waals surface area (Å²) in [5.74, 6) is 1.33. The van der Waals surface area contributed by atoms with E-state index in [4.69, 9.17) is 4.74 Å². The molecule has 21 heavy (non-hydrogen) atoms. The summed E-state index contributed by atoms with van der Waals surface area (Å²) in [6, 6.07) is 9.26. The van der Waals surface area contributed by atoms with Gasteiger partial charge in [0.25, 0.3) is 5.69 Å². The van der Waals surface area contributed by atoms with Crippen LogP contribution in [0.25, 0.3) is 0 Å². The van der Waals surface area contributed by atoms with E-state index in [1.54, 1.807) is 14.0 Å². The quantitative estimate of drug-likeness (QED) is 0.653. The third kappa shape index (κ3) is 3.92. The molecule has 1 N–H and O–H groups in total. The van der Waals surface area contributed by atoms with Gasteiger partial charge in [-0.1, -0.05) is 12.1 Å². The third-order valence-electron chi connectivity index (χ3n) is 3.13. The van der Waals surface area contributed by atoms with Crippen molar-refractivity contribution in [2.24, 2.45) is 0 Å². The lowest BCUT2D eigenvalue weighted by atomic mass is 10.1. The van der Waals surface area contributed by atoms with Gasteiger partial charge in [0, 0.05) is 18.3 Å². The number of hydrogen-bond donors (Lipinski definition) is 1. The van der Waals surface area contributed by atoms with Crippen molar-refractivity contribution in [2.75, 3.05) is 19.0 Å². The molecule has 0 bridgehead atoms. The second-order valence-corrected chi connectivity index (χ2v) is 4.64. The number of nitrogens with zero attached hydrogens (tertiary/aromatic N) is 2. The van der Waals surface area contributed by atoms with Crippen molar-refractivity contribution in [3.63, 3.8) is 0 Å². The van der Waals surface area contributed by atoms with Gasteiger partial charge in [0.1, 0.15) is 11.6 Å². The fraction of sp³-hybridized carbons (Fsp3) is 0.267. The molecule has 0 saturated carbocycles. The van der Waals surface area contributed by atoms with Gasteiger partial charge in [-0.15, -0.1) is 0 Å². The molecule has 0 fully saturated rings. The standard InChI is InChI=1S/C15H17N3O3/c1-11-10-17-15(9-14(11)18(19)20)16-7-6-12-4-3-5-13(8-12)21-2/h3-5,8-10H,6-7H2,1-2H3,(H,16,17). The molecule has 0 radical (unpaired) electrons. The summed E-state index contributed by atoms with van der Waals surface area (Å²) in [4.78, 5) is 14.6. The minimum absolute atomic E-state index is 0.0777. The molecule has 0 aliphatic carbocycles. The van der Waals surface area contributed by atoms with E-state index >= 15 is 0 Å². The van der Waals surface area contributed by atoms with Crippen LogP contribution in [0.1, 0.15) is 11.1 Å². The first kappa shape index (κ1) is 14.8. The smallest absolute Gasteiger partial charge is 0.277 e. The van der Waals surface area contributed by atoms with Crippen molar-refractivity contribution < 1.29 is 9.66 Å². The van der Waals surface area contributed by atoms with E-state index in [0.717, 1.165) is 17.7 Å². The molecule has 0 amide bonds. The van der Waals surface area contributed by atoms with E-state index in [1.165, 1.54) is 12.3 Å². The Labute approximate surface area is 122 Å². The van der Waals surface area contributed by atoms with E-state index < -0.39 is 4.92 Å². The summed E-state index contributed by atoms with van der Waals surface area (Å²) in [7, 11) is 1.63. The number of aryl methyl sites for hydroxylation is 1. The Kier molecular flexibility index (Phi) is 4.71. The summed E-state index contributed by atoms with van der Waals surface area (Å²) in [5, 5.41) is 14.0. The van der Waals surface area contributed by atoms with E-state index in [0.29, 0.717) is 17.9 Å². The first-order valence-electron chi connectivity index (χ1n) is 6.58. The number of nitro groups is 1. The van der Waals surface area contributed by atoms with Crippen molar-refractivity contribution in [3.8, 4) is 5.75 Å². The molecule has 0 aliphatic rings. The molecule has 0 spiro atoms. The van der Waals surface area contributed by atoms with Gasteiger partial charge in [-0.05, 0) is 31.0 Å². The molecule has 0 saturated heterocycles. The van der Waals surface area contributed by atoms with Crippen LogP contribution in [0, 0.1) is 17.0 Å². The second-order valence-electron chi connectivity index (χ2n) is 4.64. The Balaban J connectivity index is 1.97. The van der Waals surface area contributed by atoms with Gasteiger partial charge in [-0.2, -0.15) is 0 Å². The van der Waals surface area contributed by atoms with Gasteiger partial charge in [0.2, 0.25) is 0 Å². The van der Waals surface area contributed by atoms with Gasteiger partial charge in [0.05, 0.1) is 18.1 Å². The number of pyridine rings is 1. The number of hydrogen-bond acceptors (Lipinski definition) is 5. The minimum Gasteiger partial charge on any atom is -0.497 e. The number of anilines is 1. The predicted octanol–water partition coefficient (Wildman–Crippen LogP) is 2.96. The van der Waals surface area contributed by atoms with Crippen molar-refractivity contribution in [1.29, 1.82) is 0 Å². The maximum absolute atomic E-state index is 10.9. The Morgan fingerprint density at radius 3 is 2.90 bits per heavy atom. The molecule has 6 nitrogen and oxygen atoms in total. The van der Waals surface area contributed by atoms with Crippen molar-refractivity contribution >= 4 is 11.5 Å². The highest BCUT2D eigenvalue weighted by Gasteiger charge is 2.11. The lowest BCUT2D eigenvalue weighted by molar-refractivity contribution is -0.385. The lowest BCUT2D eigenvalue weighted by Gasteiger charge is -2.07. The topological polar surface area (TPSA) is 77.3 Å². The van der Waals surface area contributed by atoms with Gasteiger partial charge in [0.15, 0.2) is 0 Å². The van der Waals surface area contributed by atoms with Crippen LogP contribution in [0.3, 0.4) is 0 Å². The summed E-state index contributed by atoms with van der Waals surface area (Å²) in [6.07, 6.45) is 2.28. The Bertz CT molecular complexity index is 644. The van der Waals surface area contributed by atoms with E-state index in [9.17, 15) is 10.1 Å². The third-order valence-corrected chi connectivity index (χ3v) is 3.13. The van der Waals surface area contributed by atoms with Gasteiger partial charge >= 0.3 is 0 Å². The molecule has 0 atom stereocenters. The highest BCUT2D eigenvalue weighted by Crippen LogP contribution is 2.20. The average Bonchev–Trinajstić information content (AvgIpc) is 2.49. The number of nitrogens with one attached hydrogen (secondary N) is 1. The van der Waals surface area contributed by atoms with Gasteiger partial charge < -0.3 is 10.1 Å². The lowest BCUT2D eigenvalue weighted by Crippen LogP contribution is -2.07. The molecule has 0 unspecified atom stereocenters. The molecule has 6 heteroatoms. The fourth-order valence-electron chi connectivity index (χ4n) is 1.97. The summed E-state index contributed by atoms with van der Waals surface area (Å²) in [5.41, 5.74) is 1.76. The van der Waals surface area contributed by atoms with Gasteiger partial charge in [-0.3, -0.25) is 10.1 Å². The number of methoxy groups -OCH3 is 1. The maximum Gasteiger partial charge on any atom is 0.277 e. The summed E-state index contributed by atoms with van der Waals surface area (Å²) >= 11 is 0. The summed E-state index contributed by atoms with van der Waals surface area (Å²) in [6.45, 7) is 2.31. The fourth-order valence-corrected chi connectivity index (χ4v) is 1.97. The predicted molar refractivity (Wildman–Crippen MR) is 80.8 cm³/mol. The molecule has 2 aromatic rings. The normalized spacial score (nSPS) is 10.2. The molecule has 2 rings (SSSR count). The first-order valence-corrected chi connectivity index (χ1v) is 6.58. The monoisotopic (exact) mass is 287 g/mol. The molecule has 0 aliphatic heterocycles. The van der Waals surface area contributed by atoms with E-state index in [1.807, 2.05) is 24.3 Å². The van der Waals surface area contributed by atoms with Crippen LogP contribution in [0.5, 0.6) is 5.75 Å². The van der Waals surface area contributed by atoms with Gasteiger partial charge in [-0.25, -0.2) is 4.98 Å². The van der Waals surface area contributed by atoms with Crippen LogP contribution < -0.4 is 10.1 Å². The minimum atomic E-state index is -0.399. The highest BCUT2D eigenvalue weighted by molar-refractivity contribution is 5.49. The largest absolute Gasteiger partial charge is 0.497 e. The number of benzene rings is 1. The Morgan fingerprint density at radius 1 is 1.38 bits per heavy atom. The SMILES string of the molecule is COc1cccc(CCNc2cc([N+](=O)[O-])c(C)cn2)c1. The van der Waals surface area contributed by atoms with Crippen LogP contribution in [-0.4, -0.2) is 23.6 Å². The number of aromatic nitrogens is 1. The first-order chi connectivity index (χ1) is 10.1. The number of ether oxygens (including phenoxy) is 1. The van der Waals surface area contributed by atoms with Crippen LogP contribution in [-0.2, 0) is 6.42 Å². The molecule has 1 aromatic heterocycles. The Morgan fingerprint density at radius 2 is 2.19 bits per heavy atom. The van der Waals surface area contributed by atoms with Crippen molar-refractivity contribution in [2.45, 2.75) is 13.3 Å².